The van der Waals surface area contributed by atoms with Crippen molar-refractivity contribution in [3.63, 3.8) is 0 Å². The van der Waals surface area contributed by atoms with E-state index in [9.17, 15) is 14.7 Å². The minimum atomic E-state index is -1.73. The van der Waals surface area contributed by atoms with E-state index in [1.54, 1.807) is 6.08 Å². The van der Waals surface area contributed by atoms with E-state index in [0.717, 1.165) is 24.8 Å². The second kappa shape index (κ2) is 6.72. The van der Waals surface area contributed by atoms with Crippen LogP contribution in [0.5, 0.6) is 0 Å². The van der Waals surface area contributed by atoms with Crippen molar-refractivity contribution in [2.75, 3.05) is 5.33 Å². The largest absolute Gasteiger partial charge is 0.390 e. The number of alkyl halides is 2. The quantitative estimate of drug-likeness (QED) is 0.579. The van der Waals surface area contributed by atoms with Crippen LogP contribution in [-0.4, -0.2) is 33.8 Å². The van der Waals surface area contributed by atoms with Gasteiger partial charge in [0.05, 0.1) is 11.4 Å². The second-order valence-corrected chi connectivity index (χ2v) is 11.3. The number of carbonyl (C=O) groups excluding carboxylic acids is 2. The number of carbonyl (C=O) groups is 2. The normalized spacial score (nSPS) is 51.7. The number of ketones is 2. The summed E-state index contributed by atoms with van der Waals surface area (Å²) in [5, 5.41) is 11.7. The fourth-order valence-electron chi connectivity index (χ4n) is 8.22. The molecule has 0 radical (unpaired) electrons. The summed E-state index contributed by atoms with van der Waals surface area (Å²) < 4.78 is 17.1. The Balaban J connectivity index is 1.83. The predicted octanol–water partition coefficient (Wildman–Crippen LogP) is 5.19. The standard InChI is InChI=1S/C24H34BrFO3/c1-5-14-11-18-17-7-6-15-10-16(27)8-9-21(15,2)24(17,26)19(28)12-22(18,3)23(14,4)20(29)13-25/h10,14,17-19,28H,5-9,11-13H2,1-4H3/t14-,17+,18+,19+,21+,22+,23-,24+/m1/s1. The van der Waals surface area contributed by atoms with Gasteiger partial charge in [-0.2, -0.15) is 0 Å². The molecule has 0 amide bonds. The molecule has 1 N–H and O–H groups in total. The van der Waals surface area contributed by atoms with Crippen molar-refractivity contribution in [3.8, 4) is 0 Å². The molecule has 0 aromatic heterocycles. The number of allylic oxidation sites excluding steroid dienone is 1. The summed E-state index contributed by atoms with van der Waals surface area (Å²) in [5.74, 6) is 0.265. The van der Waals surface area contributed by atoms with Crippen molar-refractivity contribution in [2.24, 2.45) is 34.0 Å². The van der Waals surface area contributed by atoms with Crippen LogP contribution in [0.15, 0.2) is 11.6 Å². The zero-order chi connectivity index (χ0) is 21.4. The van der Waals surface area contributed by atoms with Crippen LogP contribution in [0.1, 0.15) is 72.6 Å². The van der Waals surface area contributed by atoms with E-state index in [-0.39, 0.29) is 29.3 Å². The van der Waals surface area contributed by atoms with Gasteiger partial charge in [-0.1, -0.05) is 55.6 Å². The smallest absolute Gasteiger partial charge is 0.155 e. The lowest BCUT2D eigenvalue weighted by Crippen LogP contribution is -2.68. The maximum atomic E-state index is 17.1. The maximum absolute atomic E-state index is 17.1. The van der Waals surface area contributed by atoms with Crippen LogP contribution in [0.25, 0.3) is 0 Å². The minimum absolute atomic E-state index is 0.0739. The molecule has 162 valence electrons. The Hall–Kier alpha value is -0.550. The summed E-state index contributed by atoms with van der Waals surface area (Å²) >= 11 is 3.39. The van der Waals surface area contributed by atoms with E-state index in [0.29, 0.717) is 31.0 Å². The van der Waals surface area contributed by atoms with Gasteiger partial charge in [-0.25, -0.2) is 4.39 Å². The van der Waals surface area contributed by atoms with E-state index in [1.807, 2.05) is 6.92 Å². The number of rotatable bonds is 3. The lowest BCUT2D eigenvalue weighted by atomic mass is 9.42. The first-order chi connectivity index (χ1) is 13.5. The number of Topliss-reactive ketones (excluding diaryl/α,β-unsaturated/α-hetero) is 1. The van der Waals surface area contributed by atoms with Crippen molar-refractivity contribution >= 4 is 27.5 Å². The van der Waals surface area contributed by atoms with Gasteiger partial charge in [0.2, 0.25) is 0 Å². The fourth-order valence-corrected chi connectivity index (χ4v) is 8.80. The highest BCUT2D eigenvalue weighted by molar-refractivity contribution is 9.09. The molecule has 0 unspecified atom stereocenters. The van der Waals surface area contributed by atoms with Crippen LogP contribution in [0.3, 0.4) is 0 Å². The SMILES string of the molecule is CC[C@@H]1C[C@H]2[C@@H]3CCC4=CC(=O)CC[C@]4(C)[C@@]3(F)[C@@H](O)C[C@]2(C)[C@@]1(C)C(=O)CBr. The first-order valence-electron chi connectivity index (χ1n) is 11.2. The fraction of sp³-hybridized carbons (Fsp3) is 0.833. The van der Waals surface area contributed by atoms with Crippen LogP contribution in [0.4, 0.5) is 4.39 Å². The van der Waals surface area contributed by atoms with E-state index in [2.05, 4.69) is 36.7 Å². The first kappa shape index (κ1) is 21.7. The Morgan fingerprint density at radius 3 is 2.59 bits per heavy atom. The molecule has 4 rings (SSSR count). The third-order valence-corrected chi connectivity index (χ3v) is 10.7. The van der Waals surface area contributed by atoms with Crippen molar-refractivity contribution in [3.05, 3.63) is 11.6 Å². The summed E-state index contributed by atoms with van der Waals surface area (Å²) in [6.07, 6.45) is 4.78. The molecule has 0 bridgehead atoms. The lowest BCUT2D eigenvalue weighted by Gasteiger charge is -2.64. The number of aliphatic hydroxyl groups is 1. The van der Waals surface area contributed by atoms with E-state index >= 15 is 4.39 Å². The van der Waals surface area contributed by atoms with Crippen molar-refractivity contribution in [1.82, 2.24) is 0 Å². The van der Waals surface area contributed by atoms with Gasteiger partial charge in [0.15, 0.2) is 5.78 Å². The zero-order valence-electron chi connectivity index (χ0n) is 18.1. The van der Waals surface area contributed by atoms with E-state index in [4.69, 9.17) is 0 Å². The average molecular weight is 469 g/mol. The summed E-state index contributed by atoms with van der Waals surface area (Å²) in [6, 6.07) is 0. The highest BCUT2D eigenvalue weighted by Gasteiger charge is 2.74. The first-order valence-corrected chi connectivity index (χ1v) is 12.3. The van der Waals surface area contributed by atoms with E-state index < -0.39 is 28.0 Å². The van der Waals surface area contributed by atoms with Crippen molar-refractivity contribution < 1.29 is 19.1 Å². The van der Waals surface area contributed by atoms with Gasteiger partial charge in [0.1, 0.15) is 11.5 Å². The van der Waals surface area contributed by atoms with Gasteiger partial charge < -0.3 is 5.11 Å². The molecule has 0 saturated heterocycles. The maximum Gasteiger partial charge on any atom is 0.155 e. The number of halogens is 2. The molecule has 0 aliphatic heterocycles. The van der Waals surface area contributed by atoms with Crippen molar-refractivity contribution in [2.45, 2.75) is 84.4 Å². The molecule has 4 aliphatic rings. The number of fused-ring (bicyclic) bond motifs is 5. The summed E-state index contributed by atoms with van der Waals surface area (Å²) in [4.78, 5) is 25.2. The zero-order valence-corrected chi connectivity index (χ0v) is 19.6. The molecule has 29 heavy (non-hydrogen) atoms. The molecule has 0 aromatic rings. The van der Waals surface area contributed by atoms with Crippen molar-refractivity contribution in [1.29, 1.82) is 0 Å². The van der Waals surface area contributed by atoms with Gasteiger partial charge in [-0.05, 0) is 55.4 Å². The van der Waals surface area contributed by atoms with Crippen LogP contribution < -0.4 is 0 Å². The van der Waals surface area contributed by atoms with Gasteiger partial charge in [0.25, 0.3) is 0 Å². The molecule has 0 spiro atoms. The molecule has 0 heterocycles. The van der Waals surface area contributed by atoms with Gasteiger partial charge in [-0.15, -0.1) is 0 Å². The minimum Gasteiger partial charge on any atom is -0.390 e. The van der Waals surface area contributed by atoms with Gasteiger partial charge in [-0.3, -0.25) is 9.59 Å². The average Bonchev–Trinajstić information content (AvgIpc) is 2.91. The summed E-state index contributed by atoms with van der Waals surface area (Å²) in [7, 11) is 0. The van der Waals surface area contributed by atoms with Gasteiger partial charge >= 0.3 is 0 Å². The molecule has 3 saturated carbocycles. The summed E-state index contributed by atoms with van der Waals surface area (Å²) in [6.45, 7) is 8.26. The molecule has 8 atom stereocenters. The third kappa shape index (κ3) is 2.43. The Kier molecular flexibility index (Phi) is 5.02. The molecule has 3 nitrogen and oxygen atoms in total. The molecule has 4 aliphatic carbocycles. The number of hydrogen-bond donors (Lipinski definition) is 1. The molecule has 5 heteroatoms. The Labute approximate surface area is 182 Å². The van der Waals surface area contributed by atoms with E-state index in [1.165, 1.54) is 0 Å². The Bertz CT molecular complexity index is 780. The molecule has 3 fully saturated rings. The number of hydrogen-bond acceptors (Lipinski definition) is 3. The molecular weight excluding hydrogens is 435 g/mol. The summed E-state index contributed by atoms with van der Waals surface area (Å²) in [5.41, 5.74) is -2.61. The lowest BCUT2D eigenvalue weighted by molar-refractivity contribution is -0.216. The molecular formula is C24H34BrFO3. The van der Waals surface area contributed by atoms with Gasteiger partial charge in [0, 0.05) is 23.2 Å². The monoisotopic (exact) mass is 468 g/mol. The number of aliphatic hydroxyl groups excluding tert-OH is 1. The highest BCUT2D eigenvalue weighted by atomic mass is 79.9. The Morgan fingerprint density at radius 2 is 1.97 bits per heavy atom. The Morgan fingerprint density at radius 1 is 1.28 bits per heavy atom. The highest BCUT2D eigenvalue weighted by Crippen LogP contribution is 2.73. The van der Waals surface area contributed by atoms with Crippen LogP contribution in [0.2, 0.25) is 0 Å². The van der Waals surface area contributed by atoms with Crippen LogP contribution in [-0.2, 0) is 9.59 Å². The third-order valence-electron chi connectivity index (χ3n) is 10.2. The second-order valence-electron chi connectivity index (χ2n) is 10.7. The van der Waals surface area contributed by atoms with Crippen LogP contribution >= 0.6 is 15.9 Å². The molecule has 0 aromatic carbocycles. The van der Waals surface area contributed by atoms with Crippen LogP contribution in [0, 0.1) is 34.0 Å². The predicted molar refractivity (Wildman–Crippen MR) is 115 cm³/mol. The topological polar surface area (TPSA) is 54.4 Å².